The number of aryl methyl sites for hydroxylation is 1. The van der Waals surface area contributed by atoms with Gasteiger partial charge in [0.25, 0.3) is 0 Å². The summed E-state index contributed by atoms with van der Waals surface area (Å²) < 4.78 is 0. The number of Topliss-reactive ketones (excluding diaryl/α,β-unsaturated/α-hetero) is 1. The molecule has 0 aromatic carbocycles. The number of carbonyl (C=O) groups is 1. The van der Waals surface area contributed by atoms with E-state index in [1.807, 2.05) is 12.3 Å². The first-order chi connectivity index (χ1) is 8.66. The van der Waals surface area contributed by atoms with E-state index in [1.54, 1.807) is 11.3 Å². The lowest BCUT2D eigenvalue weighted by molar-refractivity contribution is -0.129. The van der Waals surface area contributed by atoms with Crippen molar-refractivity contribution in [1.29, 1.82) is 0 Å². The lowest BCUT2D eigenvalue weighted by Crippen LogP contribution is -2.46. The minimum Gasteiger partial charge on any atom is -0.316 e. The van der Waals surface area contributed by atoms with Crippen LogP contribution in [0.1, 0.15) is 43.3 Å². The Kier molecular flexibility index (Phi) is 4.51. The molecule has 100 valence electrons. The maximum atomic E-state index is 12.6. The van der Waals surface area contributed by atoms with E-state index in [1.165, 1.54) is 0 Å². The lowest BCUT2D eigenvalue weighted by atomic mass is 9.72. The molecule has 1 unspecified atom stereocenters. The molecule has 1 atom stereocenters. The molecule has 0 saturated carbocycles. The molecule has 4 heteroatoms. The van der Waals surface area contributed by atoms with Crippen molar-refractivity contribution < 1.29 is 4.79 Å². The number of hydrogen-bond donors (Lipinski definition) is 1. The van der Waals surface area contributed by atoms with Gasteiger partial charge < -0.3 is 5.32 Å². The molecular formula is C14H22N2OS. The number of thiazole rings is 1. The van der Waals surface area contributed by atoms with E-state index in [2.05, 4.69) is 17.2 Å². The van der Waals surface area contributed by atoms with Gasteiger partial charge in [0, 0.05) is 17.3 Å². The van der Waals surface area contributed by atoms with Crippen LogP contribution in [0, 0.1) is 12.3 Å². The molecule has 0 amide bonds. The van der Waals surface area contributed by atoms with E-state index < -0.39 is 0 Å². The summed E-state index contributed by atoms with van der Waals surface area (Å²) in [6.45, 7) is 6.05. The third-order valence-corrected chi connectivity index (χ3v) is 4.62. The van der Waals surface area contributed by atoms with Gasteiger partial charge in [-0.1, -0.05) is 13.3 Å². The molecule has 1 aliphatic rings. The van der Waals surface area contributed by atoms with Crippen LogP contribution < -0.4 is 5.32 Å². The highest BCUT2D eigenvalue weighted by Gasteiger charge is 2.38. The molecule has 18 heavy (non-hydrogen) atoms. The quantitative estimate of drug-likeness (QED) is 0.891. The van der Waals surface area contributed by atoms with Crippen LogP contribution in [0.25, 0.3) is 0 Å². The summed E-state index contributed by atoms with van der Waals surface area (Å²) in [5.41, 5.74) is 0.813. The zero-order valence-electron chi connectivity index (χ0n) is 11.3. The van der Waals surface area contributed by atoms with Crippen molar-refractivity contribution in [2.24, 2.45) is 5.41 Å². The number of piperidine rings is 1. The molecule has 0 spiro atoms. The third kappa shape index (κ3) is 2.98. The largest absolute Gasteiger partial charge is 0.316 e. The normalized spacial score (nSPS) is 24.1. The van der Waals surface area contributed by atoms with Crippen molar-refractivity contribution in [3.05, 3.63) is 16.1 Å². The molecule has 0 radical (unpaired) electrons. The minimum absolute atomic E-state index is 0.134. The molecule has 1 aliphatic heterocycles. The fraction of sp³-hybridized carbons (Fsp3) is 0.714. The van der Waals surface area contributed by atoms with E-state index in [-0.39, 0.29) is 5.41 Å². The Morgan fingerprint density at radius 1 is 1.61 bits per heavy atom. The monoisotopic (exact) mass is 266 g/mol. The molecule has 1 aromatic rings. The summed E-state index contributed by atoms with van der Waals surface area (Å²) in [6, 6.07) is 0. The summed E-state index contributed by atoms with van der Waals surface area (Å²) in [5.74, 6) is 0.377. The Balaban J connectivity index is 2.08. The summed E-state index contributed by atoms with van der Waals surface area (Å²) in [4.78, 5) is 17.0. The highest BCUT2D eigenvalue weighted by atomic mass is 32.1. The molecule has 2 rings (SSSR count). The first-order valence-electron chi connectivity index (χ1n) is 6.81. The standard InChI is InChI=1S/C14H22N2OS/c1-3-5-14(6-4-7-15-10-14)13(17)8-12-9-18-11(2)16-12/h9,15H,3-8,10H2,1-2H3. The number of hydrogen-bond acceptors (Lipinski definition) is 4. The number of nitrogens with one attached hydrogen (secondary N) is 1. The second kappa shape index (κ2) is 5.93. The van der Waals surface area contributed by atoms with Gasteiger partial charge in [0.1, 0.15) is 5.78 Å². The van der Waals surface area contributed by atoms with Crippen molar-refractivity contribution in [1.82, 2.24) is 10.3 Å². The predicted molar refractivity (Wildman–Crippen MR) is 75.0 cm³/mol. The van der Waals surface area contributed by atoms with Crippen molar-refractivity contribution >= 4 is 17.1 Å². The van der Waals surface area contributed by atoms with E-state index in [9.17, 15) is 4.79 Å². The van der Waals surface area contributed by atoms with E-state index in [4.69, 9.17) is 0 Å². The maximum Gasteiger partial charge on any atom is 0.146 e. The second-order valence-electron chi connectivity index (χ2n) is 5.27. The zero-order chi connectivity index (χ0) is 13.0. The smallest absolute Gasteiger partial charge is 0.146 e. The first-order valence-corrected chi connectivity index (χ1v) is 7.69. The van der Waals surface area contributed by atoms with Crippen LogP contribution in [-0.4, -0.2) is 23.9 Å². The number of rotatable bonds is 5. The van der Waals surface area contributed by atoms with E-state index in [0.717, 1.165) is 49.5 Å². The second-order valence-corrected chi connectivity index (χ2v) is 6.33. The first kappa shape index (κ1) is 13.7. The summed E-state index contributed by atoms with van der Waals surface area (Å²) in [7, 11) is 0. The predicted octanol–water partition coefficient (Wildman–Crippen LogP) is 2.73. The molecule has 1 saturated heterocycles. The third-order valence-electron chi connectivity index (χ3n) is 3.80. The number of nitrogens with zero attached hydrogens (tertiary/aromatic N) is 1. The Labute approximate surface area is 113 Å². The van der Waals surface area contributed by atoms with Gasteiger partial charge >= 0.3 is 0 Å². The Morgan fingerprint density at radius 3 is 3.00 bits per heavy atom. The average molecular weight is 266 g/mol. The zero-order valence-corrected chi connectivity index (χ0v) is 12.1. The van der Waals surface area contributed by atoms with E-state index >= 15 is 0 Å². The minimum atomic E-state index is -0.134. The topological polar surface area (TPSA) is 42.0 Å². The number of ketones is 1. The summed E-state index contributed by atoms with van der Waals surface area (Å²) >= 11 is 1.63. The molecule has 1 aromatic heterocycles. The maximum absolute atomic E-state index is 12.6. The number of carbonyl (C=O) groups excluding carboxylic acids is 1. The van der Waals surface area contributed by atoms with Gasteiger partial charge in [-0.15, -0.1) is 11.3 Å². The molecule has 0 bridgehead atoms. The SMILES string of the molecule is CCCC1(C(=O)Cc2csc(C)n2)CCCNC1. The van der Waals surface area contributed by atoms with Crippen LogP contribution in [-0.2, 0) is 11.2 Å². The number of aromatic nitrogens is 1. The van der Waals surface area contributed by atoms with Gasteiger partial charge in [-0.25, -0.2) is 4.98 Å². The van der Waals surface area contributed by atoms with Gasteiger partial charge in [0.05, 0.1) is 17.1 Å². The van der Waals surface area contributed by atoms with Crippen LogP contribution in [0.15, 0.2) is 5.38 Å². The van der Waals surface area contributed by atoms with Crippen LogP contribution >= 0.6 is 11.3 Å². The highest BCUT2D eigenvalue weighted by molar-refractivity contribution is 7.09. The van der Waals surface area contributed by atoms with Gasteiger partial charge in [-0.2, -0.15) is 0 Å². The highest BCUT2D eigenvalue weighted by Crippen LogP contribution is 2.33. The van der Waals surface area contributed by atoms with Crippen LogP contribution in [0.3, 0.4) is 0 Å². The van der Waals surface area contributed by atoms with Crippen molar-refractivity contribution in [2.75, 3.05) is 13.1 Å². The van der Waals surface area contributed by atoms with Crippen LogP contribution in [0.4, 0.5) is 0 Å². The fourth-order valence-corrected chi connectivity index (χ4v) is 3.49. The lowest BCUT2D eigenvalue weighted by Gasteiger charge is -2.36. The van der Waals surface area contributed by atoms with E-state index in [0.29, 0.717) is 12.2 Å². The molecule has 1 N–H and O–H groups in total. The summed E-state index contributed by atoms with van der Waals surface area (Å²) in [6.07, 6.45) is 4.73. The Morgan fingerprint density at radius 2 is 2.44 bits per heavy atom. The molecule has 2 heterocycles. The molecule has 0 aliphatic carbocycles. The summed E-state index contributed by atoms with van der Waals surface area (Å²) in [5, 5.41) is 6.46. The van der Waals surface area contributed by atoms with Gasteiger partial charge in [0.2, 0.25) is 0 Å². The fourth-order valence-electron chi connectivity index (χ4n) is 2.88. The van der Waals surface area contributed by atoms with Crippen molar-refractivity contribution in [2.45, 2.75) is 46.0 Å². The van der Waals surface area contributed by atoms with Gasteiger partial charge in [-0.3, -0.25) is 4.79 Å². The molecule has 3 nitrogen and oxygen atoms in total. The van der Waals surface area contributed by atoms with Gasteiger partial charge in [-0.05, 0) is 32.7 Å². The average Bonchev–Trinajstić information content (AvgIpc) is 2.76. The van der Waals surface area contributed by atoms with Crippen LogP contribution in [0.5, 0.6) is 0 Å². The Bertz CT molecular complexity index is 402. The van der Waals surface area contributed by atoms with Crippen LogP contribution in [0.2, 0.25) is 0 Å². The van der Waals surface area contributed by atoms with Gasteiger partial charge in [0.15, 0.2) is 0 Å². The Hall–Kier alpha value is -0.740. The molecule has 1 fully saturated rings. The van der Waals surface area contributed by atoms with Crippen molar-refractivity contribution in [3.8, 4) is 0 Å². The van der Waals surface area contributed by atoms with Crippen molar-refractivity contribution in [3.63, 3.8) is 0 Å². The molecular weight excluding hydrogens is 244 g/mol.